The molecule has 2 atom stereocenters. The minimum Gasteiger partial charge on any atom is -0.307 e. The lowest BCUT2D eigenvalue weighted by molar-refractivity contribution is 0.432. The summed E-state index contributed by atoms with van der Waals surface area (Å²) in [5.41, 5.74) is 1.39. The number of hydrogen-bond acceptors (Lipinski definition) is 1. The van der Waals surface area contributed by atoms with Crippen LogP contribution in [0.1, 0.15) is 44.7 Å². The van der Waals surface area contributed by atoms with Crippen molar-refractivity contribution in [3.63, 3.8) is 0 Å². The Hall–Kier alpha value is -1.08. The third kappa shape index (κ3) is 4.19. The number of benzene rings is 1. The maximum atomic E-state index is 3.79. The lowest BCUT2D eigenvalue weighted by atomic mass is 10.0. The molecule has 1 nitrogen and oxygen atoms in total. The first-order valence-electron chi connectivity index (χ1n) is 6.19. The summed E-state index contributed by atoms with van der Waals surface area (Å²) in [6, 6.07) is 11.7. The Bertz CT molecular complexity index is 292. The fourth-order valence-corrected chi connectivity index (χ4v) is 1.98. The average molecular weight is 217 g/mol. The Labute approximate surface area is 99.6 Å². The Balaban J connectivity index is 2.64. The summed E-state index contributed by atoms with van der Waals surface area (Å²) < 4.78 is 0. The van der Waals surface area contributed by atoms with Crippen LogP contribution < -0.4 is 5.32 Å². The van der Waals surface area contributed by atoms with Crippen molar-refractivity contribution in [1.29, 1.82) is 0 Å². The van der Waals surface area contributed by atoms with E-state index in [9.17, 15) is 0 Å². The molecular formula is C15H23N. The summed E-state index contributed by atoms with van der Waals surface area (Å²) in [6.45, 7) is 8.23. The van der Waals surface area contributed by atoms with Crippen LogP contribution in [0.4, 0.5) is 0 Å². The fraction of sp³-hybridized carbons (Fsp3) is 0.467. The molecule has 1 heteroatoms. The summed E-state index contributed by atoms with van der Waals surface area (Å²) in [7, 11) is 0. The van der Waals surface area contributed by atoms with Crippen LogP contribution in [-0.4, -0.2) is 6.04 Å². The molecule has 0 aromatic heterocycles. The van der Waals surface area contributed by atoms with Gasteiger partial charge in [0.05, 0.1) is 0 Å². The summed E-state index contributed by atoms with van der Waals surface area (Å²) in [5, 5.41) is 3.66. The first kappa shape index (κ1) is 13.0. The summed E-state index contributed by atoms with van der Waals surface area (Å²) >= 11 is 0. The summed E-state index contributed by atoms with van der Waals surface area (Å²) in [6.07, 6.45) is 5.39. The van der Waals surface area contributed by atoms with Crippen molar-refractivity contribution >= 4 is 0 Å². The third-order valence-electron chi connectivity index (χ3n) is 2.79. The highest BCUT2D eigenvalue weighted by atomic mass is 14.9. The van der Waals surface area contributed by atoms with Crippen LogP contribution in [0.2, 0.25) is 0 Å². The van der Waals surface area contributed by atoms with Crippen LogP contribution in [0.15, 0.2) is 43.0 Å². The van der Waals surface area contributed by atoms with Crippen LogP contribution in [0, 0.1) is 0 Å². The maximum absolute atomic E-state index is 3.79. The van der Waals surface area contributed by atoms with E-state index < -0.39 is 0 Å². The average Bonchev–Trinajstić information content (AvgIpc) is 2.30. The SMILES string of the molecule is C=CCC(C)NC(CCC)c1ccccc1. The fourth-order valence-electron chi connectivity index (χ4n) is 1.98. The molecule has 2 unspecified atom stereocenters. The molecule has 0 aliphatic carbocycles. The predicted octanol–water partition coefficient (Wildman–Crippen LogP) is 4.08. The molecule has 0 saturated carbocycles. The van der Waals surface area contributed by atoms with E-state index in [1.54, 1.807) is 0 Å². The second-order valence-electron chi connectivity index (χ2n) is 4.34. The number of rotatable bonds is 7. The van der Waals surface area contributed by atoms with Crippen LogP contribution >= 0.6 is 0 Å². The standard InChI is InChI=1S/C15H23N/c1-4-9-13(3)16-15(10-5-2)14-11-7-6-8-12-14/h4,6-8,11-13,15-16H,1,5,9-10H2,2-3H3. The van der Waals surface area contributed by atoms with Gasteiger partial charge in [0.1, 0.15) is 0 Å². The molecule has 1 aromatic carbocycles. The third-order valence-corrected chi connectivity index (χ3v) is 2.79. The second kappa shape index (κ2) is 7.24. The van der Waals surface area contributed by atoms with Crippen LogP contribution in [0.3, 0.4) is 0 Å². The van der Waals surface area contributed by atoms with Gasteiger partial charge < -0.3 is 5.32 Å². The monoisotopic (exact) mass is 217 g/mol. The molecule has 0 amide bonds. The van der Waals surface area contributed by atoms with Gasteiger partial charge in [-0.1, -0.05) is 49.8 Å². The van der Waals surface area contributed by atoms with Gasteiger partial charge in [-0.25, -0.2) is 0 Å². The highest BCUT2D eigenvalue weighted by molar-refractivity contribution is 5.18. The van der Waals surface area contributed by atoms with Gasteiger partial charge >= 0.3 is 0 Å². The Kier molecular flexibility index (Phi) is 5.87. The summed E-state index contributed by atoms with van der Waals surface area (Å²) in [4.78, 5) is 0. The minimum atomic E-state index is 0.473. The lowest BCUT2D eigenvalue weighted by Gasteiger charge is -2.22. The molecule has 0 saturated heterocycles. The molecular weight excluding hydrogens is 194 g/mol. The number of nitrogens with one attached hydrogen (secondary N) is 1. The Morgan fingerprint density at radius 3 is 2.56 bits per heavy atom. The van der Waals surface area contributed by atoms with Crippen molar-refractivity contribution in [3.05, 3.63) is 48.6 Å². The molecule has 0 aliphatic rings. The van der Waals surface area contributed by atoms with E-state index >= 15 is 0 Å². The van der Waals surface area contributed by atoms with Crippen molar-refractivity contribution in [2.45, 2.75) is 45.2 Å². The molecule has 1 aromatic rings. The van der Waals surface area contributed by atoms with Crippen molar-refractivity contribution < 1.29 is 0 Å². The normalized spacial score (nSPS) is 14.4. The van der Waals surface area contributed by atoms with E-state index in [4.69, 9.17) is 0 Å². The van der Waals surface area contributed by atoms with Crippen molar-refractivity contribution in [1.82, 2.24) is 5.32 Å². The van der Waals surface area contributed by atoms with Crippen molar-refractivity contribution in [2.24, 2.45) is 0 Å². The zero-order valence-corrected chi connectivity index (χ0v) is 10.4. The van der Waals surface area contributed by atoms with Crippen molar-refractivity contribution in [3.8, 4) is 0 Å². The van der Waals surface area contributed by atoms with Gasteiger partial charge in [0.2, 0.25) is 0 Å². The summed E-state index contributed by atoms with van der Waals surface area (Å²) in [5.74, 6) is 0. The highest BCUT2D eigenvalue weighted by Gasteiger charge is 2.11. The zero-order valence-electron chi connectivity index (χ0n) is 10.4. The smallest absolute Gasteiger partial charge is 0.0322 e. The topological polar surface area (TPSA) is 12.0 Å². The zero-order chi connectivity index (χ0) is 11.8. The molecule has 0 aliphatic heterocycles. The Morgan fingerprint density at radius 1 is 1.31 bits per heavy atom. The van der Waals surface area contributed by atoms with Gasteiger partial charge in [0, 0.05) is 12.1 Å². The highest BCUT2D eigenvalue weighted by Crippen LogP contribution is 2.19. The Morgan fingerprint density at radius 2 is 2.00 bits per heavy atom. The van der Waals surface area contributed by atoms with Crippen LogP contribution in [0.5, 0.6) is 0 Å². The van der Waals surface area contributed by atoms with E-state index in [2.05, 4.69) is 56.1 Å². The largest absolute Gasteiger partial charge is 0.307 e. The van der Waals surface area contributed by atoms with Gasteiger partial charge in [-0.15, -0.1) is 6.58 Å². The van der Waals surface area contributed by atoms with E-state index in [0.29, 0.717) is 12.1 Å². The minimum absolute atomic E-state index is 0.473. The molecule has 1 rings (SSSR count). The van der Waals surface area contributed by atoms with Gasteiger partial charge in [-0.3, -0.25) is 0 Å². The molecule has 0 fully saturated rings. The maximum Gasteiger partial charge on any atom is 0.0322 e. The van der Waals surface area contributed by atoms with Crippen LogP contribution in [0.25, 0.3) is 0 Å². The van der Waals surface area contributed by atoms with Crippen molar-refractivity contribution in [2.75, 3.05) is 0 Å². The van der Waals surface area contributed by atoms with Gasteiger partial charge in [-0.05, 0) is 25.3 Å². The first-order chi connectivity index (χ1) is 7.77. The predicted molar refractivity (Wildman–Crippen MR) is 71.5 cm³/mol. The molecule has 16 heavy (non-hydrogen) atoms. The van der Waals surface area contributed by atoms with E-state index in [1.165, 1.54) is 18.4 Å². The molecule has 0 radical (unpaired) electrons. The van der Waals surface area contributed by atoms with E-state index in [1.807, 2.05) is 6.08 Å². The number of hydrogen-bond donors (Lipinski definition) is 1. The van der Waals surface area contributed by atoms with Crippen LogP contribution in [-0.2, 0) is 0 Å². The van der Waals surface area contributed by atoms with E-state index in [-0.39, 0.29) is 0 Å². The molecule has 0 heterocycles. The first-order valence-corrected chi connectivity index (χ1v) is 6.19. The van der Waals surface area contributed by atoms with E-state index in [0.717, 1.165) is 6.42 Å². The molecule has 0 spiro atoms. The second-order valence-corrected chi connectivity index (χ2v) is 4.34. The van der Waals surface area contributed by atoms with Gasteiger partial charge in [-0.2, -0.15) is 0 Å². The quantitative estimate of drug-likeness (QED) is 0.678. The lowest BCUT2D eigenvalue weighted by Crippen LogP contribution is -2.30. The van der Waals surface area contributed by atoms with Gasteiger partial charge in [0.15, 0.2) is 0 Å². The van der Waals surface area contributed by atoms with Gasteiger partial charge in [0.25, 0.3) is 0 Å². The molecule has 0 bridgehead atoms. The molecule has 88 valence electrons. The molecule has 1 N–H and O–H groups in total.